The lowest BCUT2D eigenvalue weighted by molar-refractivity contribution is 0.136. The van der Waals surface area contributed by atoms with Crippen molar-refractivity contribution in [2.24, 2.45) is 0 Å². The first-order valence-electron chi connectivity index (χ1n) is 11.4. The third-order valence-electron chi connectivity index (χ3n) is 5.73. The normalized spacial score (nSPS) is 14.8. The molecule has 2 aromatic carbocycles. The van der Waals surface area contributed by atoms with Crippen LogP contribution in [0, 0.1) is 5.82 Å². The molecule has 0 amide bonds. The van der Waals surface area contributed by atoms with E-state index in [-0.39, 0.29) is 10.7 Å². The van der Waals surface area contributed by atoms with Crippen molar-refractivity contribution in [1.82, 2.24) is 19.6 Å². The highest BCUT2D eigenvalue weighted by molar-refractivity contribution is 7.12. The predicted molar refractivity (Wildman–Crippen MR) is 135 cm³/mol. The molecule has 1 N–H and O–H groups in total. The Hall–Kier alpha value is -3.01. The second-order valence-electron chi connectivity index (χ2n) is 8.43. The molecule has 0 spiro atoms. The summed E-state index contributed by atoms with van der Waals surface area (Å²) in [5.74, 6) is 0.181. The van der Waals surface area contributed by atoms with Crippen LogP contribution in [-0.4, -0.2) is 66.0 Å². The van der Waals surface area contributed by atoms with Gasteiger partial charge < -0.3 is 19.9 Å². The van der Waals surface area contributed by atoms with E-state index in [1.165, 1.54) is 16.8 Å². The number of ether oxygens (including phenoxy) is 1. The number of likely N-dealkylation sites (N-methyl/N-ethyl adjacent to an activating group) is 1. The fraction of sp³-hybridized carbons (Fsp3) is 0.360. The minimum Gasteiger partial charge on any atom is -0.479 e. The lowest BCUT2D eigenvalue weighted by Gasteiger charge is -2.32. The van der Waals surface area contributed by atoms with Crippen molar-refractivity contribution in [2.45, 2.75) is 13.0 Å². The van der Waals surface area contributed by atoms with Crippen LogP contribution in [0.4, 0.5) is 10.1 Å². The van der Waals surface area contributed by atoms with Gasteiger partial charge in [0.2, 0.25) is 0 Å². The minimum absolute atomic E-state index is 0.161. The molecule has 1 saturated heterocycles. The fourth-order valence-corrected chi connectivity index (χ4v) is 4.56. The second-order valence-corrected chi connectivity index (χ2v) is 9.37. The molecule has 0 saturated carbocycles. The number of anilines is 1. The smallest absolute Gasteiger partial charge is 0.325 e. The van der Waals surface area contributed by atoms with Gasteiger partial charge in [-0.3, -0.25) is 4.79 Å². The number of benzene rings is 2. The molecule has 1 fully saturated rings. The highest BCUT2D eigenvalue weighted by Gasteiger charge is 2.13. The molecule has 9 heteroatoms. The van der Waals surface area contributed by atoms with Gasteiger partial charge in [-0.05, 0) is 62.0 Å². The highest BCUT2D eigenvalue weighted by Crippen LogP contribution is 2.20. The Morgan fingerprint density at radius 2 is 1.94 bits per heavy atom. The van der Waals surface area contributed by atoms with Gasteiger partial charge in [-0.2, -0.15) is 5.10 Å². The SMILES string of the molecule is C=C(Nc1cccc(Cn2nc(-c3ccc(F)cc3)sc2=O)c1)OCCCN1CCN(C)CC1. The Kier molecular flexibility index (Phi) is 8.10. The summed E-state index contributed by atoms with van der Waals surface area (Å²) in [5.41, 5.74) is 2.48. The Morgan fingerprint density at radius 1 is 1.18 bits per heavy atom. The van der Waals surface area contributed by atoms with Gasteiger partial charge in [-0.1, -0.05) is 23.5 Å². The van der Waals surface area contributed by atoms with Gasteiger partial charge in [0, 0.05) is 44.0 Å². The van der Waals surface area contributed by atoms with Crippen LogP contribution in [0.2, 0.25) is 0 Å². The topological polar surface area (TPSA) is 62.6 Å². The van der Waals surface area contributed by atoms with Crippen LogP contribution in [0.25, 0.3) is 10.6 Å². The van der Waals surface area contributed by atoms with Crippen LogP contribution in [0.15, 0.2) is 65.8 Å². The first-order valence-corrected chi connectivity index (χ1v) is 12.2. The summed E-state index contributed by atoms with van der Waals surface area (Å²) >= 11 is 1.05. The van der Waals surface area contributed by atoms with Crippen molar-refractivity contribution >= 4 is 17.0 Å². The van der Waals surface area contributed by atoms with Crippen LogP contribution in [0.1, 0.15) is 12.0 Å². The number of halogens is 1. The monoisotopic (exact) mass is 483 g/mol. The van der Waals surface area contributed by atoms with E-state index >= 15 is 0 Å². The van der Waals surface area contributed by atoms with Crippen molar-refractivity contribution in [3.8, 4) is 10.6 Å². The Bertz CT molecular complexity index is 1150. The van der Waals surface area contributed by atoms with Crippen molar-refractivity contribution < 1.29 is 9.13 Å². The first-order chi connectivity index (χ1) is 16.5. The van der Waals surface area contributed by atoms with Crippen LogP contribution in [0.5, 0.6) is 0 Å². The summed E-state index contributed by atoms with van der Waals surface area (Å²) in [6, 6.07) is 13.7. The van der Waals surface area contributed by atoms with Crippen molar-refractivity contribution in [2.75, 3.05) is 51.7 Å². The Balaban J connectivity index is 1.27. The van der Waals surface area contributed by atoms with Gasteiger partial charge in [0.15, 0.2) is 5.88 Å². The summed E-state index contributed by atoms with van der Waals surface area (Å²) in [4.78, 5) is 17.1. The van der Waals surface area contributed by atoms with E-state index in [0.717, 1.165) is 67.3 Å². The molecule has 3 aromatic rings. The van der Waals surface area contributed by atoms with Gasteiger partial charge in [-0.15, -0.1) is 0 Å². The van der Waals surface area contributed by atoms with E-state index in [4.69, 9.17) is 4.74 Å². The molecule has 1 aromatic heterocycles. The highest BCUT2D eigenvalue weighted by atomic mass is 32.1. The van der Waals surface area contributed by atoms with E-state index in [1.807, 2.05) is 24.3 Å². The van der Waals surface area contributed by atoms with E-state index < -0.39 is 0 Å². The average molecular weight is 484 g/mol. The lowest BCUT2D eigenvalue weighted by atomic mass is 10.2. The Morgan fingerprint density at radius 3 is 2.71 bits per heavy atom. The molecule has 1 aliphatic heterocycles. The summed E-state index contributed by atoms with van der Waals surface area (Å²) < 4.78 is 20.4. The Labute approximate surface area is 203 Å². The maximum Gasteiger partial charge on any atom is 0.325 e. The molecule has 7 nitrogen and oxygen atoms in total. The molecule has 0 bridgehead atoms. The summed E-state index contributed by atoms with van der Waals surface area (Å²) in [6.45, 7) is 10.4. The summed E-state index contributed by atoms with van der Waals surface area (Å²) in [6.07, 6.45) is 0.952. The molecule has 0 unspecified atom stereocenters. The lowest BCUT2D eigenvalue weighted by Crippen LogP contribution is -2.44. The second kappa shape index (κ2) is 11.4. The fourth-order valence-electron chi connectivity index (χ4n) is 3.79. The van der Waals surface area contributed by atoms with E-state index in [2.05, 4.69) is 33.8 Å². The quantitative estimate of drug-likeness (QED) is 0.351. The van der Waals surface area contributed by atoms with E-state index in [0.29, 0.717) is 24.0 Å². The number of nitrogens with zero attached hydrogens (tertiary/aromatic N) is 4. The standard InChI is InChI=1S/C25H30FN5O2S/c1-19(33-16-4-11-30-14-12-29(2)13-15-30)27-23-6-3-5-20(17-23)18-31-25(32)34-24(28-31)21-7-9-22(26)10-8-21/h3,5-10,17,27H,1,4,11-16,18H2,2H3. The summed E-state index contributed by atoms with van der Waals surface area (Å²) in [5, 5.41) is 8.17. The minimum atomic E-state index is -0.319. The molecule has 180 valence electrons. The molecule has 34 heavy (non-hydrogen) atoms. The molecular formula is C25H30FN5O2S. The number of nitrogens with one attached hydrogen (secondary N) is 1. The molecule has 1 aliphatic rings. The predicted octanol–water partition coefficient (Wildman–Crippen LogP) is 3.70. The van der Waals surface area contributed by atoms with E-state index in [9.17, 15) is 9.18 Å². The number of piperazine rings is 1. The molecule has 2 heterocycles. The van der Waals surface area contributed by atoms with Crippen molar-refractivity contribution in [1.29, 1.82) is 0 Å². The first kappa shape index (κ1) is 24.1. The van der Waals surface area contributed by atoms with Gasteiger partial charge >= 0.3 is 4.87 Å². The third kappa shape index (κ3) is 6.75. The maximum absolute atomic E-state index is 13.2. The maximum atomic E-state index is 13.2. The van der Waals surface area contributed by atoms with Gasteiger partial charge in [0.05, 0.1) is 13.2 Å². The molecule has 0 aliphatic carbocycles. The molecular weight excluding hydrogens is 453 g/mol. The van der Waals surface area contributed by atoms with Gasteiger partial charge in [0.25, 0.3) is 0 Å². The number of aromatic nitrogens is 2. The number of hydrogen-bond donors (Lipinski definition) is 1. The zero-order valence-electron chi connectivity index (χ0n) is 19.4. The number of hydrogen-bond acceptors (Lipinski definition) is 7. The van der Waals surface area contributed by atoms with Crippen molar-refractivity contribution in [3.05, 3.63) is 82.0 Å². The van der Waals surface area contributed by atoms with Gasteiger partial charge in [0.1, 0.15) is 10.8 Å². The van der Waals surface area contributed by atoms with Crippen LogP contribution < -0.4 is 10.2 Å². The third-order valence-corrected chi connectivity index (χ3v) is 6.63. The van der Waals surface area contributed by atoms with Crippen LogP contribution in [-0.2, 0) is 11.3 Å². The van der Waals surface area contributed by atoms with Crippen LogP contribution >= 0.6 is 11.3 Å². The zero-order chi connectivity index (χ0) is 23.9. The molecule has 0 radical (unpaired) electrons. The van der Waals surface area contributed by atoms with Crippen molar-refractivity contribution in [3.63, 3.8) is 0 Å². The van der Waals surface area contributed by atoms with Crippen LogP contribution in [0.3, 0.4) is 0 Å². The van der Waals surface area contributed by atoms with Gasteiger partial charge in [-0.25, -0.2) is 9.07 Å². The number of rotatable bonds is 10. The molecule has 4 rings (SSSR count). The molecule has 0 atom stereocenters. The summed E-state index contributed by atoms with van der Waals surface area (Å²) in [7, 11) is 2.16. The van der Waals surface area contributed by atoms with E-state index in [1.54, 1.807) is 12.1 Å². The average Bonchev–Trinajstić information content (AvgIpc) is 3.18. The zero-order valence-corrected chi connectivity index (χ0v) is 20.2. The largest absolute Gasteiger partial charge is 0.479 e.